The first-order valence-electron chi connectivity index (χ1n) is 41.8. The lowest BCUT2D eigenvalue weighted by molar-refractivity contribution is -0.668. The topological polar surface area (TPSA) is 101 Å². The molecule has 12 aromatic carbocycles. The van der Waals surface area contributed by atoms with E-state index in [-0.39, 0.29) is 17.5 Å². The fraction of sp³-hybridized carbons (Fsp3) is 0.222. The van der Waals surface area contributed by atoms with Gasteiger partial charge in [-0.05, 0) is 290 Å². The highest BCUT2D eigenvalue weighted by molar-refractivity contribution is 5.96. The molecule has 0 saturated heterocycles. The summed E-state index contributed by atoms with van der Waals surface area (Å²) in [6, 6.07) is 79.3. The van der Waals surface area contributed by atoms with Crippen LogP contribution >= 0.6 is 0 Å². The third kappa shape index (κ3) is 18.0. The zero-order valence-electron chi connectivity index (χ0n) is 75.5. The molecule has 0 spiro atoms. The zero-order valence-corrected chi connectivity index (χ0v) is 75.5. The Kier molecular flexibility index (Phi) is 26.1. The number of fused-ring (bicyclic) bond motifs is 6. The minimum absolute atomic E-state index is 0.112. The lowest BCUT2D eigenvalue weighted by Gasteiger charge is -2.14. The summed E-state index contributed by atoms with van der Waals surface area (Å²) in [5.74, 6) is 5.41. The summed E-state index contributed by atoms with van der Waals surface area (Å²) in [5.41, 5.74) is 32.8. The van der Waals surface area contributed by atoms with Crippen LogP contribution in [0.1, 0.15) is 102 Å². The highest BCUT2D eigenvalue weighted by atomic mass is 19.1. The molecule has 0 amide bonds. The highest BCUT2D eigenvalue weighted by Gasteiger charge is 2.28. The summed E-state index contributed by atoms with van der Waals surface area (Å²) in [4.78, 5) is 27.9. The van der Waals surface area contributed by atoms with Gasteiger partial charge in [-0.25, -0.2) is 40.6 Å². The average Bonchev–Trinajstić information content (AvgIpc) is 0.782. The van der Waals surface area contributed by atoms with Crippen molar-refractivity contribution in [1.82, 2.24) is 29.9 Å². The molecule has 0 saturated carbocycles. The Hall–Kier alpha value is -13.5. The molecule has 18 rings (SSSR count). The molecule has 618 valence electrons. The van der Waals surface area contributed by atoms with Crippen LogP contribution in [0.5, 0.6) is 0 Å². The van der Waals surface area contributed by atoms with Crippen LogP contribution in [0.25, 0.3) is 133 Å². The average molecular weight is 1630 g/mol. The van der Waals surface area contributed by atoms with Gasteiger partial charge in [0.05, 0.1) is 74.6 Å². The Morgan fingerprint density at radius 2 is 0.496 bits per heavy atom. The molecule has 0 bridgehead atoms. The number of hydrogen-bond acceptors (Lipinski definition) is 6. The Bertz CT molecular complexity index is 7170. The van der Waals surface area contributed by atoms with Crippen LogP contribution < -0.4 is 27.4 Å². The van der Waals surface area contributed by atoms with E-state index in [0.717, 1.165) is 135 Å². The number of aryl methyl sites for hydroxylation is 15. The molecule has 6 heterocycles. The maximum atomic E-state index is 14.2. The first-order chi connectivity index (χ1) is 58.7. The summed E-state index contributed by atoms with van der Waals surface area (Å²) in [7, 11) is 12.3. The molecular weight excluding hydrogens is 1520 g/mol. The zero-order chi connectivity index (χ0) is 88.3. The van der Waals surface area contributed by atoms with Gasteiger partial charge in [-0.1, -0.05) is 126 Å². The van der Waals surface area contributed by atoms with Crippen LogP contribution in [0.3, 0.4) is 0 Å². The van der Waals surface area contributed by atoms with E-state index in [0.29, 0.717) is 16.7 Å². The van der Waals surface area contributed by atoms with Gasteiger partial charge in [0, 0.05) is 74.9 Å². The number of rotatable bonds is 6. The van der Waals surface area contributed by atoms with Crippen LogP contribution in [0.15, 0.2) is 237 Å². The second-order valence-electron chi connectivity index (χ2n) is 32.6. The van der Waals surface area contributed by atoms with Gasteiger partial charge in [-0.3, -0.25) is 0 Å². The van der Waals surface area contributed by atoms with Crippen molar-refractivity contribution in [2.45, 2.75) is 125 Å². The molecule has 0 atom stereocenters. The molecule has 18 aromatic rings. The third-order valence-corrected chi connectivity index (χ3v) is 24.2. The second-order valence-corrected chi connectivity index (χ2v) is 32.6. The molecule has 0 fully saturated rings. The molecule has 0 aliphatic carbocycles. The van der Waals surface area contributed by atoms with E-state index in [2.05, 4.69) is 256 Å². The number of para-hydroxylation sites is 6. The van der Waals surface area contributed by atoms with Gasteiger partial charge in [0.15, 0.2) is 33.1 Å². The summed E-state index contributed by atoms with van der Waals surface area (Å²) < 4.78 is 54.0. The molecule has 123 heavy (non-hydrogen) atoms. The quantitative estimate of drug-likeness (QED) is 0.154. The second kappa shape index (κ2) is 36.8. The lowest BCUT2D eigenvalue weighted by Crippen LogP contribution is -2.36. The van der Waals surface area contributed by atoms with Crippen LogP contribution in [-0.4, -0.2) is 29.9 Å². The van der Waals surface area contributed by atoms with Crippen LogP contribution in [-0.2, 0) is 42.3 Å². The number of nitrogens with zero attached hydrogens (tertiary/aromatic N) is 12. The normalized spacial score (nSPS) is 11.0. The minimum atomic E-state index is -0.205. The van der Waals surface area contributed by atoms with Crippen molar-refractivity contribution in [2.75, 3.05) is 0 Å². The van der Waals surface area contributed by atoms with E-state index in [9.17, 15) is 13.2 Å². The summed E-state index contributed by atoms with van der Waals surface area (Å²) in [6.07, 6.45) is 0. The maximum absolute atomic E-state index is 14.2. The summed E-state index contributed by atoms with van der Waals surface area (Å²) in [5, 5.41) is 6.86. The fourth-order valence-electron chi connectivity index (χ4n) is 16.5. The monoisotopic (exact) mass is 1630 g/mol. The van der Waals surface area contributed by atoms with Gasteiger partial charge in [-0.15, -0.1) is 0 Å². The van der Waals surface area contributed by atoms with Crippen LogP contribution in [0.2, 0.25) is 0 Å². The summed E-state index contributed by atoms with van der Waals surface area (Å²) >= 11 is 0. The van der Waals surface area contributed by atoms with Gasteiger partial charge < -0.3 is 0 Å². The maximum Gasteiger partial charge on any atom is 0.296 e. The van der Waals surface area contributed by atoms with Crippen LogP contribution in [0, 0.1) is 142 Å². The molecule has 12 nitrogen and oxygen atoms in total. The van der Waals surface area contributed by atoms with Crippen molar-refractivity contribution in [3.8, 4) is 67.5 Å². The first kappa shape index (κ1) is 87.3. The summed E-state index contributed by atoms with van der Waals surface area (Å²) in [6.45, 7) is 36.5. The van der Waals surface area contributed by atoms with E-state index < -0.39 is 0 Å². The standard InChI is InChI=1S/C19H20FN2.C19H21N2.C18H18FN2.C18H19N2.C17H16FN2.C17H17N2/c1-11-10-16(12(2)13(3)18(11)20)19-15-8-6-7-9-17(15)21-14(4)22(19)5;1-12-10-13(2)14(3)17(11-12)19-16-8-6-7-9-18(16)20-15(4)21(19)5;1-11-10-16(19)12(2)9-15(11)18-14-7-5-6-8-17(14)20-13(3)21(18)4;1-12-9-10-13(2)16(11-12)18-15-7-5-6-8-17(15)19-14(3)20(18)4;1-11-10-13(18)8-9-14(11)17-15-6-4-5-7-16(15)19-12(2)20(17)3;1-12-8-4-5-9-14(12)17-15-10-6-7-11-16(15)18-13(2)19(17)3/h6-10H,1-5H3;6-11H,1-5H3;5-10H,1-4H3;5-11H,1-4H3;4-10H,1-3H3;4-11H,1-3H3/q6*+1. The smallest absolute Gasteiger partial charge is 0.230 e. The van der Waals surface area contributed by atoms with E-state index in [1.165, 1.54) is 89.4 Å². The predicted molar refractivity (Wildman–Crippen MR) is 495 cm³/mol. The van der Waals surface area contributed by atoms with Gasteiger partial charge in [-0.2, -0.15) is 0 Å². The molecule has 15 heteroatoms. The highest BCUT2D eigenvalue weighted by Crippen LogP contribution is 2.37. The molecule has 0 aliphatic heterocycles. The van der Waals surface area contributed by atoms with E-state index in [1.54, 1.807) is 19.1 Å². The molecule has 0 radical (unpaired) electrons. The van der Waals surface area contributed by atoms with E-state index >= 15 is 0 Å². The Balaban J connectivity index is 0.000000127. The third-order valence-electron chi connectivity index (χ3n) is 24.2. The molecule has 0 aliphatic rings. The predicted octanol–water partition coefficient (Wildman–Crippen LogP) is 22.3. The number of aromatic nitrogens is 12. The van der Waals surface area contributed by atoms with Crippen molar-refractivity contribution < 1.29 is 40.6 Å². The van der Waals surface area contributed by atoms with Gasteiger partial charge in [0.25, 0.3) is 34.9 Å². The van der Waals surface area contributed by atoms with Crippen molar-refractivity contribution in [3.63, 3.8) is 0 Å². The Morgan fingerprint density at radius 3 is 0.870 bits per heavy atom. The van der Waals surface area contributed by atoms with Gasteiger partial charge in [0.2, 0.25) is 0 Å². The van der Waals surface area contributed by atoms with Crippen LogP contribution in [0.4, 0.5) is 13.2 Å². The number of halogens is 3. The lowest BCUT2D eigenvalue weighted by atomic mass is 9.95. The molecule has 0 N–H and O–H groups in total. The van der Waals surface area contributed by atoms with E-state index in [4.69, 9.17) is 4.98 Å². The fourth-order valence-corrected chi connectivity index (χ4v) is 16.5. The largest absolute Gasteiger partial charge is 0.296 e. The van der Waals surface area contributed by atoms with Crippen molar-refractivity contribution in [1.29, 1.82) is 0 Å². The molecular formula is C108H111F3N12+6. The van der Waals surface area contributed by atoms with E-state index in [1.807, 2.05) is 174 Å². The number of hydrogen-bond donors (Lipinski definition) is 0. The minimum Gasteiger partial charge on any atom is -0.230 e. The van der Waals surface area contributed by atoms with Crippen molar-refractivity contribution in [2.24, 2.45) is 42.3 Å². The van der Waals surface area contributed by atoms with Crippen molar-refractivity contribution >= 4 is 65.4 Å². The Labute approximate surface area is 721 Å². The first-order valence-corrected chi connectivity index (χ1v) is 41.8. The molecule has 6 aromatic heterocycles. The van der Waals surface area contributed by atoms with Crippen molar-refractivity contribution in [3.05, 3.63) is 356 Å². The van der Waals surface area contributed by atoms with Gasteiger partial charge >= 0.3 is 0 Å². The molecule has 0 unspecified atom stereocenters. The van der Waals surface area contributed by atoms with Gasteiger partial charge in [0.1, 0.15) is 51.6 Å². The number of benzene rings is 12. The SMILES string of the molecule is Cc1cc(-c2c3ccccc3nc(C)[n+]2C)c(C)c(C)c1F.Cc1cc(-c2c3ccccc3nc(C)[n+]2C)c(C)cc1F.Cc1cc(C)c(C)c(-c2c3ccccc3nc(C)[n+]2C)c1.Cc1cc(F)ccc1-c1c2ccccc2nc(C)[n+]1C.Cc1ccc(C)c(-c2c3ccccc3nc(C)[n+]2C)c1.Cc1ccccc1-c1c2ccccc2nc(C)[n+]1C. The Morgan fingerprint density at radius 1 is 0.203 bits per heavy atom.